The van der Waals surface area contributed by atoms with Crippen molar-refractivity contribution in [1.29, 1.82) is 0 Å². The maximum Gasteiger partial charge on any atom is 0.407 e. The number of fused-ring (bicyclic) bond motifs is 6. The summed E-state index contributed by atoms with van der Waals surface area (Å²) in [4.78, 5) is 42.5. The number of aromatic nitrogens is 4. The molecule has 4 aromatic carbocycles. The van der Waals surface area contributed by atoms with Crippen LogP contribution in [0, 0.1) is 0 Å². The Kier molecular flexibility index (Phi) is 22.0. The molecule has 14 nitrogen and oxygen atoms in total. The maximum atomic E-state index is 13.3. The van der Waals surface area contributed by atoms with Crippen LogP contribution in [0.5, 0.6) is 11.5 Å². The molecule has 0 radical (unpaired) electrons. The van der Waals surface area contributed by atoms with Crippen LogP contribution in [0.1, 0.15) is 108 Å². The summed E-state index contributed by atoms with van der Waals surface area (Å²) < 4.78 is 18.6. The number of piperidine rings is 2. The fourth-order valence-corrected chi connectivity index (χ4v) is 11.6. The molecule has 0 aliphatic carbocycles. The Bertz CT molecular complexity index is 3370. The molecule has 6 heterocycles. The lowest BCUT2D eigenvalue weighted by Crippen LogP contribution is -2.34. The van der Waals surface area contributed by atoms with Crippen LogP contribution in [0.2, 0.25) is 10.0 Å². The molecule has 80 heavy (non-hydrogen) atoms. The van der Waals surface area contributed by atoms with Crippen LogP contribution in [0.3, 0.4) is 0 Å². The average Bonchev–Trinajstić information content (AvgIpc) is 4.33. The molecule has 428 valence electrons. The van der Waals surface area contributed by atoms with E-state index in [-0.39, 0.29) is 23.0 Å². The van der Waals surface area contributed by atoms with Gasteiger partial charge in [-0.3, -0.25) is 9.59 Å². The van der Waals surface area contributed by atoms with Crippen molar-refractivity contribution in [1.82, 2.24) is 33.1 Å². The van der Waals surface area contributed by atoms with Crippen molar-refractivity contribution in [2.45, 2.75) is 116 Å². The van der Waals surface area contributed by atoms with Crippen LogP contribution in [0.25, 0.3) is 33.1 Å². The first-order valence-corrected chi connectivity index (χ1v) is 30.3. The highest BCUT2D eigenvalue weighted by molar-refractivity contribution is 9.09. The fraction of sp³-hybridized carbons (Fsp3) is 0.444. The van der Waals surface area contributed by atoms with Gasteiger partial charge in [-0.05, 0) is 227 Å². The van der Waals surface area contributed by atoms with E-state index in [1.165, 1.54) is 11.1 Å². The summed E-state index contributed by atoms with van der Waals surface area (Å²) in [6.07, 6.45) is 13.9. The molecular formula is C63H79BrCl2N8O6. The summed E-state index contributed by atoms with van der Waals surface area (Å²) in [5.41, 5.74) is 13.0. The van der Waals surface area contributed by atoms with Gasteiger partial charge in [-0.25, -0.2) is 4.79 Å². The van der Waals surface area contributed by atoms with Gasteiger partial charge in [0.1, 0.15) is 28.1 Å². The maximum absolute atomic E-state index is 13.3. The molecule has 2 saturated heterocycles. The molecular weight excluding hydrogens is 1120 g/mol. The SMILES string of the molecule is CC(C)(C)OC(=O)NCCCCBr.NCCCCOc1ccc2c(c1)n1cccc1c(=O)n2CCCN1CCC(c2ccc(Cl)cc2)CC1.O=c1c2cccn2c2cc(O)ccc2n1CCCN1CCC(c2ccc(Cl)cc2)CC1. The van der Waals surface area contributed by atoms with Gasteiger partial charge in [0.05, 0.1) is 28.7 Å². The number of phenolic OH excluding ortho intramolecular Hbond substituents is 1. The van der Waals surface area contributed by atoms with Gasteiger partial charge in [0, 0.05) is 59.5 Å². The predicted molar refractivity (Wildman–Crippen MR) is 330 cm³/mol. The van der Waals surface area contributed by atoms with E-state index in [9.17, 15) is 19.5 Å². The van der Waals surface area contributed by atoms with Crippen LogP contribution in [0.4, 0.5) is 4.79 Å². The van der Waals surface area contributed by atoms with Crippen molar-refractivity contribution in [3.63, 3.8) is 0 Å². The van der Waals surface area contributed by atoms with Gasteiger partial charge in [-0.1, -0.05) is 63.4 Å². The van der Waals surface area contributed by atoms with Gasteiger partial charge in [0.2, 0.25) is 0 Å². The normalized spacial score (nSPS) is 14.7. The van der Waals surface area contributed by atoms with Crippen molar-refractivity contribution in [3.05, 3.63) is 163 Å². The number of aryl methyl sites for hydroxylation is 2. The number of unbranched alkanes of at least 4 members (excludes halogenated alkanes) is 2. The third-order valence-electron chi connectivity index (χ3n) is 15.1. The number of alkyl halides is 1. The van der Waals surface area contributed by atoms with Crippen LogP contribution in [-0.4, -0.2) is 109 Å². The molecule has 4 aromatic heterocycles. The predicted octanol–water partition coefficient (Wildman–Crippen LogP) is 12.9. The number of hydrogen-bond donors (Lipinski definition) is 3. The molecule has 8 aromatic rings. The molecule has 2 aliphatic rings. The average molecular weight is 1200 g/mol. The fourth-order valence-electron chi connectivity index (χ4n) is 10.9. The minimum Gasteiger partial charge on any atom is -0.508 e. The first-order valence-electron chi connectivity index (χ1n) is 28.5. The van der Waals surface area contributed by atoms with Crippen LogP contribution in [0.15, 0.2) is 131 Å². The topological polar surface area (TPSA) is 153 Å². The number of amides is 1. The summed E-state index contributed by atoms with van der Waals surface area (Å²) in [5.74, 6) is 2.23. The van der Waals surface area contributed by atoms with Gasteiger partial charge < -0.3 is 53.4 Å². The summed E-state index contributed by atoms with van der Waals surface area (Å²) in [6, 6.07) is 35.3. The lowest BCUT2D eigenvalue weighted by atomic mass is 9.89. The largest absolute Gasteiger partial charge is 0.508 e. The van der Waals surface area contributed by atoms with E-state index in [0.29, 0.717) is 55.7 Å². The Morgan fingerprint density at radius 1 is 0.625 bits per heavy atom. The summed E-state index contributed by atoms with van der Waals surface area (Å²) >= 11 is 15.4. The Labute approximate surface area is 488 Å². The quantitative estimate of drug-likeness (QED) is 0.0530. The molecule has 1 amide bonds. The number of ether oxygens (including phenoxy) is 2. The van der Waals surface area contributed by atoms with Crippen molar-refractivity contribution < 1.29 is 19.4 Å². The number of likely N-dealkylation sites (tertiary alicyclic amines) is 2. The van der Waals surface area contributed by atoms with Crippen LogP contribution < -0.4 is 26.9 Å². The first-order chi connectivity index (χ1) is 38.7. The number of carbonyl (C=O) groups is 1. The van der Waals surface area contributed by atoms with Gasteiger partial charge in [0.25, 0.3) is 11.1 Å². The van der Waals surface area contributed by atoms with E-state index in [0.717, 1.165) is 147 Å². The first kappa shape index (κ1) is 60.3. The Balaban J connectivity index is 0.000000174. The van der Waals surface area contributed by atoms with E-state index in [1.807, 2.05) is 124 Å². The van der Waals surface area contributed by atoms with Gasteiger partial charge in [-0.2, -0.15) is 0 Å². The summed E-state index contributed by atoms with van der Waals surface area (Å²) in [7, 11) is 0. The lowest BCUT2D eigenvalue weighted by Gasteiger charge is -2.32. The van der Waals surface area contributed by atoms with E-state index in [4.69, 9.17) is 38.4 Å². The van der Waals surface area contributed by atoms with E-state index >= 15 is 0 Å². The minimum atomic E-state index is -0.403. The van der Waals surface area contributed by atoms with Crippen LogP contribution in [-0.2, 0) is 17.8 Å². The molecule has 2 aliphatic heterocycles. The minimum absolute atomic E-state index is 0.0182. The molecule has 0 unspecified atom stereocenters. The molecule has 17 heteroatoms. The Morgan fingerprint density at radius 2 is 1.12 bits per heavy atom. The number of hydrogen-bond acceptors (Lipinski definition) is 9. The number of nitrogens with two attached hydrogens (primary N) is 1. The van der Waals surface area contributed by atoms with E-state index < -0.39 is 5.60 Å². The molecule has 4 N–H and O–H groups in total. The number of carbonyl (C=O) groups excluding carboxylic acids is 1. The standard InChI is InChI=1S/C29H35ClN4O2.C25H26ClN3O2.C9H18BrNO2/c30-24-8-6-22(7-9-24)23-12-18-32(19-13-23)15-4-17-34-26-11-10-25(36-20-2-1-14-31)21-28(26)33-16-3-5-27(33)29(34)35;26-20-6-4-18(5-7-20)19-10-15-27(16-11-19)12-2-14-29-22-9-8-21(30)17-24(22)28-13-1-3-23(28)25(29)31;1-9(2,3)13-8(12)11-7-5-4-6-10/h3,5-11,16,21,23H,1-2,4,12-15,17-20,31H2;1,3-9,13,17,19,30H,2,10-12,14-16H2;4-7H2,1-3H3,(H,11,12). The number of phenols is 1. The second-order valence-corrected chi connectivity index (χ2v) is 23.6. The Hall–Kier alpha value is -5.81. The highest BCUT2D eigenvalue weighted by Gasteiger charge is 2.23. The third-order valence-corrected chi connectivity index (χ3v) is 16.2. The molecule has 2 fully saturated rings. The second kappa shape index (κ2) is 29.3. The lowest BCUT2D eigenvalue weighted by molar-refractivity contribution is 0.0527. The number of nitrogens with one attached hydrogen (secondary N) is 1. The van der Waals surface area contributed by atoms with Gasteiger partial charge in [0.15, 0.2) is 0 Å². The molecule has 0 bridgehead atoms. The number of benzene rings is 4. The molecule has 0 spiro atoms. The zero-order valence-corrected chi connectivity index (χ0v) is 49.7. The monoisotopic (exact) mass is 1190 g/mol. The number of halogens is 3. The zero-order valence-electron chi connectivity index (χ0n) is 46.6. The zero-order chi connectivity index (χ0) is 56.6. The van der Waals surface area contributed by atoms with Crippen molar-refractivity contribution in [2.75, 3.05) is 64.3 Å². The summed E-state index contributed by atoms with van der Waals surface area (Å²) in [6.45, 7) is 15.2. The number of rotatable bonds is 19. The third kappa shape index (κ3) is 16.4. The molecule has 0 atom stereocenters. The highest BCUT2D eigenvalue weighted by Crippen LogP contribution is 2.31. The smallest absolute Gasteiger partial charge is 0.407 e. The van der Waals surface area contributed by atoms with Crippen molar-refractivity contribution in [2.24, 2.45) is 5.73 Å². The Morgan fingerprint density at radius 3 is 1.61 bits per heavy atom. The van der Waals surface area contributed by atoms with E-state index in [1.54, 1.807) is 12.1 Å². The molecule has 10 rings (SSSR count). The van der Waals surface area contributed by atoms with E-state index in [2.05, 4.69) is 55.3 Å². The highest BCUT2D eigenvalue weighted by atomic mass is 79.9. The van der Waals surface area contributed by atoms with Crippen molar-refractivity contribution >= 4 is 78.3 Å². The number of nitrogens with zero attached hydrogens (tertiary/aromatic N) is 6. The number of alkyl carbamates (subject to hydrolysis) is 1. The molecule has 0 saturated carbocycles. The number of aromatic hydroxyl groups is 1. The second-order valence-electron chi connectivity index (χ2n) is 22.0. The van der Waals surface area contributed by atoms with Crippen molar-refractivity contribution in [3.8, 4) is 11.5 Å². The van der Waals surface area contributed by atoms with Gasteiger partial charge in [-0.15, -0.1) is 0 Å². The van der Waals surface area contributed by atoms with Gasteiger partial charge >= 0.3 is 6.09 Å². The van der Waals surface area contributed by atoms with Crippen LogP contribution >= 0.6 is 39.1 Å². The summed E-state index contributed by atoms with van der Waals surface area (Å²) in [5, 5.41) is 15.2.